The number of nitrogens with one attached hydrogen (secondary N) is 1. The van der Waals surface area contributed by atoms with Crippen molar-refractivity contribution in [1.29, 1.82) is 0 Å². The zero-order valence-corrected chi connectivity index (χ0v) is 13.9. The molecule has 0 bridgehead atoms. The minimum atomic E-state index is -0.326. The molecule has 3 amide bonds. The van der Waals surface area contributed by atoms with Crippen LogP contribution in [0.4, 0.5) is 0 Å². The number of rotatable bonds is 4. The normalized spacial score (nSPS) is 13.2. The summed E-state index contributed by atoms with van der Waals surface area (Å²) in [7, 11) is 0. The molecule has 1 aliphatic heterocycles. The van der Waals surface area contributed by atoms with E-state index in [2.05, 4.69) is 5.32 Å². The monoisotopic (exact) mass is 344 g/mol. The number of imide groups is 1. The van der Waals surface area contributed by atoms with Gasteiger partial charge in [0.05, 0.1) is 0 Å². The number of nitrogens with zero attached hydrogens (tertiary/aromatic N) is 1. The van der Waals surface area contributed by atoms with E-state index in [1.54, 1.807) is 36.4 Å². The Morgan fingerprint density at radius 1 is 0.808 bits per heavy atom. The van der Waals surface area contributed by atoms with Gasteiger partial charge in [0.1, 0.15) is 0 Å². The Morgan fingerprint density at radius 3 is 2.04 bits per heavy atom. The highest BCUT2D eigenvalue weighted by molar-refractivity contribution is 6.25. The molecule has 5 heteroatoms. The third kappa shape index (κ3) is 2.63. The molecule has 1 N–H and O–H groups in total. The van der Waals surface area contributed by atoms with Crippen molar-refractivity contribution in [3.8, 4) is 0 Å². The van der Waals surface area contributed by atoms with Crippen LogP contribution in [0.5, 0.6) is 0 Å². The van der Waals surface area contributed by atoms with Gasteiger partial charge in [0.2, 0.25) is 0 Å². The van der Waals surface area contributed by atoms with Crippen molar-refractivity contribution in [3.05, 3.63) is 83.4 Å². The lowest BCUT2D eigenvalue weighted by Crippen LogP contribution is -2.44. The summed E-state index contributed by atoms with van der Waals surface area (Å²) in [5.41, 5.74) is 1.58. The van der Waals surface area contributed by atoms with E-state index in [0.29, 0.717) is 22.1 Å². The van der Waals surface area contributed by atoms with Gasteiger partial charge in [-0.3, -0.25) is 19.3 Å². The molecule has 1 heterocycles. The molecule has 1 aliphatic rings. The van der Waals surface area contributed by atoms with Crippen LogP contribution in [0.1, 0.15) is 31.1 Å². The molecule has 5 nitrogen and oxygen atoms in total. The number of hydrogen-bond donors (Lipinski definition) is 1. The number of carbonyl (C=O) groups is 3. The van der Waals surface area contributed by atoms with E-state index in [9.17, 15) is 14.4 Å². The molecule has 0 aromatic heterocycles. The Hall–Kier alpha value is -3.47. The van der Waals surface area contributed by atoms with Crippen LogP contribution in [0.2, 0.25) is 0 Å². The maximum atomic E-state index is 12.8. The van der Waals surface area contributed by atoms with E-state index >= 15 is 0 Å². The second-order valence-electron chi connectivity index (χ2n) is 6.09. The van der Waals surface area contributed by atoms with Gasteiger partial charge in [-0.25, -0.2) is 0 Å². The van der Waals surface area contributed by atoms with Gasteiger partial charge in [0, 0.05) is 35.2 Å². The van der Waals surface area contributed by atoms with Crippen molar-refractivity contribution < 1.29 is 14.4 Å². The van der Waals surface area contributed by atoms with E-state index < -0.39 is 0 Å². The van der Waals surface area contributed by atoms with E-state index in [0.717, 1.165) is 5.39 Å². The zero-order valence-electron chi connectivity index (χ0n) is 13.9. The van der Waals surface area contributed by atoms with Crippen LogP contribution in [-0.2, 0) is 0 Å². The van der Waals surface area contributed by atoms with Gasteiger partial charge in [-0.05, 0) is 29.7 Å². The van der Waals surface area contributed by atoms with Gasteiger partial charge in [-0.2, -0.15) is 0 Å². The maximum absolute atomic E-state index is 12.8. The molecule has 0 spiro atoms. The summed E-state index contributed by atoms with van der Waals surface area (Å²) < 4.78 is 0. The molecule has 0 saturated heterocycles. The summed E-state index contributed by atoms with van der Waals surface area (Å²) in [5.74, 6) is -0.883. The van der Waals surface area contributed by atoms with Crippen LogP contribution >= 0.6 is 0 Å². The smallest absolute Gasteiger partial charge is 0.261 e. The second kappa shape index (κ2) is 6.44. The molecule has 0 atom stereocenters. The van der Waals surface area contributed by atoms with Crippen molar-refractivity contribution in [1.82, 2.24) is 10.2 Å². The van der Waals surface area contributed by atoms with Crippen molar-refractivity contribution in [2.24, 2.45) is 0 Å². The van der Waals surface area contributed by atoms with Crippen LogP contribution in [0.25, 0.3) is 10.8 Å². The van der Waals surface area contributed by atoms with Crippen molar-refractivity contribution in [2.75, 3.05) is 13.1 Å². The molecule has 0 saturated carbocycles. The summed E-state index contributed by atoms with van der Waals surface area (Å²) >= 11 is 0. The first-order chi connectivity index (χ1) is 12.7. The Balaban J connectivity index is 1.53. The summed E-state index contributed by atoms with van der Waals surface area (Å²) in [5, 5.41) is 4.33. The molecule has 26 heavy (non-hydrogen) atoms. The summed E-state index contributed by atoms with van der Waals surface area (Å²) in [6, 6.07) is 19.7. The van der Waals surface area contributed by atoms with Crippen LogP contribution in [0.3, 0.4) is 0 Å². The average molecular weight is 344 g/mol. The first kappa shape index (κ1) is 16.0. The molecule has 128 valence electrons. The second-order valence-corrected chi connectivity index (χ2v) is 6.09. The van der Waals surface area contributed by atoms with Crippen molar-refractivity contribution >= 4 is 28.5 Å². The SMILES string of the molecule is O=C(NCCN1C(=O)c2cccc3cccc(c23)C1=O)c1ccccc1. The minimum Gasteiger partial charge on any atom is -0.350 e. The Morgan fingerprint density at radius 2 is 1.42 bits per heavy atom. The number of benzene rings is 3. The fourth-order valence-corrected chi connectivity index (χ4v) is 3.26. The number of carbonyl (C=O) groups excluding carboxylic acids is 3. The molecule has 0 radical (unpaired) electrons. The van der Waals surface area contributed by atoms with E-state index in [-0.39, 0.29) is 30.8 Å². The lowest BCUT2D eigenvalue weighted by atomic mass is 9.94. The highest BCUT2D eigenvalue weighted by Gasteiger charge is 2.32. The van der Waals surface area contributed by atoms with Gasteiger partial charge in [-0.1, -0.05) is 42.5 Å². The molecule has 0 aliphatic carbocycles. The van der Waals surface area contributed by atoms with E-state index in [1.165, 1.54) is 4.90 Å². The van der Waals surface area contributed by atoms with Crippen LogP contribution < -0.4 is 5.32 Å². The Labute approximate surface area is 150 Å². The summed E-state index contributed by atoms with van der Waals surface area (Å²) in [6.45, 7) is 0.324. The van der Waals surface area contributed by atoms with E-state index in [4.69, 9.17) is 0 Å². The molecule has 4 rings (SSSR count). The Kier molecular flexibility index (Phi) is 3.97. The third-order valence-corrected chi connectivity index (χ3v) is 4.51. The van der Waals surface area contributed by atoms with Crippen molar-refractivity contribution in [3.63, 3.8) is 0 Å². The molecule has 0 fully saturated rings. The highest BCUT2D eigenvalue weighted by Crippen LogP contribution is 2.29. The fourth-order valence-electron chi connectivity index (χ4n) is 3.26. The molecular weight excluding hydrogens is 328 g/mol. The molecule has 3 aromatic rings. The summed E-state index contributed by atoms with van der Waals surface area (Å²) in [6.07, 6.45) is 0. The van der Waals surface area contributed by atoms with Gasteiger partial charge in [-0.15, -0.1) is 0 Å². The largest absolute Gasteiger partial charge is 0.350 e. The van der Waals surface area contributed by atoms with Crippen LogP contribution in [0.15, 0.2) is 66.7 Å². The predicted octanol–water partition coefficient (Wildman–Crippen LogP) is 2.87. The average Bonchev–Trinajstić information content (AvgIpc) is 2.69. The Bertz CT molecular complexity index is 977. The summed E-state index contributed by atoms with van der Waals surface area (Å²) in [4.78, 5) is 38.8. The van der Waals surface area contributed by atoms with Crippen molar-refractivity contribution in [2.45, 2.75) is 0 Å². The maximum Gasteiger partial charge on any atom is 0.261 e. The number of amides is 3. The first-order valence-corrected chi connectivity index (χ1v) is 8.38. The highest BCUT2D eigenvalue weighted by atomic mass is 16.2. The molecule has 0 unspecified atom stereocenters. The topological polar surface area (TPSA) is 66.5 Å². The lowest BCUT2D eigenvalue weighted by molar-refractivity contribution is 0.0607. The quantitative estimate of drug-likeness (QED) is 0.740. The van der Waals surface area contributed by atoms with Gasteiger partial charge in [0.25, 0.3) is 17.7 Å². The first-order valence-electron chi connectivity index (χ1n) is 8.38. The third-order valence-electron chi connectivity index (χ3n) is 4.51. The zero-order chi connectivity index (χ0) is 18.1. The lowest BCUT2D eigenvalue weighted by Gasteiger charge is -2.27. The predicted molar refractivity (Wildman–Crippen MR) is 98.1 cm³/mol. The van der Waals surface area contributed by atoms with E-state index in [1.807, 2.05) is 30.3 Å². The molecule has 3 aromatic carbocycles. The van der Waals surface area contributed by atoms with Gasteiger partial charge < -0.3 is 5.32 Å². The number of hydrogen-bond acceptors (Lipinski definition) is 3. The standard InChI is InChI=1S/C21H16N2O3/c24-19(15-6-2-1-3-7-15)22-12-13-23-20(25)16-10-4-8-14-9-5-11-17(18(14)16)21(23)26/h1-11H,12-13H2,(H,22,24). The van der Waals surface area contributed by atoms with Gasteiger partial charge >= 0.3 is 0 Å². The van der Waals surface area contributed by atoms with Gasteiger partial charge in [0.15, 0.2) is 0 Å². The van der Waals surface area contributed by atoms with Crippen LogP contribution in [0, 0.1) is 0 Å². The molecular formula is C21H16N2O3. The fraction of sp³-hybridized carbons (Fsp3) is 0.0952. The minimum absolute atomic E-state index is 0.126. The van der Waals surface area contributed by atoms with Crippen LogP contribution in [-0.4, -0.2) is 35.7 Å².